The Hall–Kier alpha value is -2.10. The van der Waals surface area contributed by atoms with Gasteiger partial charge in [-0.2, -0.15) is 0 Å². The molecule has 1 fully saturated rings. The highest BCUT2D eigenvalue weighted by Gasteiger charge is 2.62. The number of fused-ring (bicyclic) bond motifs is 1. The molecule has 0 spiro atoms. The number of hydrogen-bond donors (Lipinski definition) is 1. The van der Waals surface area contributed by atoms with Gasteiger partial charge in [0, 0.05) is 7.05 Å². The smallest absolute Gasteiger partial charge is 0.313 e. The number of aliphatic carboxylic acids is 1. The first-order valence-corrected chi connectivity index (χ1v) is 6.79. The molecular formula is C16H17NO3. The van der Waals surface area contributed by atoms with Crippen LogP contribution in [0.25, 0.3) is 0 Å². The number of carbonyl (C=O) groups excluding carboxylic acids is 1. The molecule has 3 rings (SSSR count). The quantitative estimate of drug-likeness (QED) is 0.839. The van der Waals surface area contributed by atoms with Gasteiger partial charge in [-0.1, -0.05) is 42.5 Å². The molecular weight excluding hydrogens is 254 g/mol. The third-order valence-corrected chi connectivity index (χ3v) is 4.65. The Balaban J connectivity index is 2.18. The molecule has 0 bridgehead atoms. The standard InChI is InChI=1S/C16H17NO3/c1-17-13(11-7-3-2-4-8-11)16(15(19)20)10-6-5-9-12(16)14(17)18/h2-8,12-13H,9-10H2,1H3,(H,19,20)/t12-,13-,16-/m1/s1. The third-order valence-electron chi connectivity index (χ3n) is 4.65. The minimum Gasteiger partial charge on any atom is -0.481 e. The van der Waals surface area contributed by atoms with Crippen LogP contribution in [0.15, 0.2) is 42.5 Å². The first-order chi connectivity index (χ1) is 9.59. The maximum absolute atomic E-state index is 12.5. The second-order valence-corrected chi connectivity index (χ2v) is 5.57. The summed E-state index contributed by atoms with van der Waals surface area (Å²) in [5.74, 6) is -1.40. The van der Waals surface area contributed by atoms with Crippen molar-refractivity contribution >= 4 is 11.9 Å². The molecule has 0 radical (unpaired) electrons. The van der Waals surface area contributed by atoms with Crippen LogP contribution in [-0.2, 0) is 9.59 Å². The van der Waals surface area contributed by atoms with Crippen molar-refractivity contribution in [1.82, 2.24) is 4.90 Å². The lowest BCUT2D eigenvalue weighted by atomic mass is 9.65. The maximum Gasteiger partial charge on any atom is 0.313 e. The van der Waals surface area contributed by atoms with Crippen molar-refractivity contribution in [2.45, 2.75) is 18.9 Å². The van der Waals surface area contributed by atoms with E-state index in [1.807, 2.05) is 42.5 Å². The van der Waals surface area contributed by atoms with Gasteiger partial charge in [-0.15, -0.1) is 0 Å². The van der Waals surface area contributed by atoms with E-state index in [1.165, 1.54) is 0 Å². The number of nitrogens with zero attached hydrogens (tertiary/aromatic N) is 1. The fourth-order valence-electron chi connectivity index (χ4n) is 3.71. The number of carboxylic acid groups (broad SMARTS) is 1. The van der Waals surface area contributed by atoms with Gasteiger partial charge in [0.15, 0.2) is 0 Å². The molecule has 1 N–H and O–H groups in total. The molecule has 0 unspecified atom stereocenters. The predicted octanol–water partition coefficient (Wildman–Crippen LogP) is 2.24. The predicted molar refractivity (Wildman–Crippen MR) is 73.9 cm³/mol. The van der Waals surface area contributed by atoms with E-state index < -0.39 is 23.3 Å². The SMILES string of the molecule is CN1C(=O)[C@H]2CC=CC[C@]2(C(=O)O)[C@H]1c1ccccc1. The molecule has 1 saturated heterocycles. The summed E-state index contributed by atoms with van der Waals surface area (Å²) >= 11 is 0. The summed E-state index contributed by atoms with van der Waals surface area (Å²) < 4.78 is 0. The molecule has 1 heterocycles. The number of rotatable bonds is 2. The van der Waals surface area contributed by atoms with E-state index in [4.69, 9.17) is 0 Å². The van der Waals surface area contributed by atoms with E-state index in [0.29, 0.717) is 12.8 Å². The summed E-state index contributed by atoms with van der Waals surface area (Å²) in [5, 5.41) is 9.85. The van der Waals surface area contributed by atoms with Gasteiger partial charge in [-0.05, 0) is 18.4 Å². The highest BCUT2D eigenvalue weighted by Crippen LogP contribution is 2.56. The molecule has 3 atom stereocenters. The van der Waals surface area contributed by atoms with Gasteiger partial charge in [-0.25, -0.2) is 0 Å². The zero-order chi connectivity index (χ0) is 14.3. The molecule has 1 aliphatic carbocycles. The van der Waals surface area contributed by atoms with Crippen molar-refractivity contribution in [2.24, 2.45) is 11.3 Å². The van der Waals surface area contributed by atoms with Crippen LogP contribution in [0.4, 0.5) is 0 Å². The van der Waals surface area contributed by atoms with Crippen molar-refractivity contribution in [2.75, 3.05) is 7.05 Å². The highest BCUT2D eigenvalue weighted by atomic mass is 16.4. The number of likely N-dealkylation sites (tertiary alicyclic amines) is 1. The number of allylic oxidation sites excluding steroid dienone is 2. The Kier molecular flexibility index (Phi) is 2.89. The largest absolute Gasteiger partial charge is 0.481 e. The van der Waals surface area contributed by atoms with Gasteiger partial charge in [0.1, 0.15) is 5.41 Å². The number of carbonyl (C=O) groups is 2. The van der Waals surface area contributed by atoms with Crippen LogP contribution in [0.1, 0.15) is 24.4 Å². The minimum atomic E-state index is -1.04. The zero-order valence-electron chi connectivity index (χ0n) is 11.3. The van der Waals surface area contributed by atoms with Gasteiger partial charge in [-0.3, -0.25) is 9.59 Å². The van der Waals surface area contributed by atoms with Crippen LogP contribution in [0, 0.1) is 11.3 Å². The molecule has 20 heavy (non-hydrogen) atoms. The van der Waals surface area contributed by atoms with E-state index in [-0.39, 0.29) is 5.91 Å². The van der Waals surface area contributed by atoms with Crippen LogP contribution in [0.3, 0.4) is 0 Å². The first kappa shape index (κ1) is 12.9. The Morgan fingerprint density at radius 2 is 2.00 bits per heavy atom. The second kappa shape index (κ2) is 4.47. The topological polar surface area (TPSA) is 57.6 Å². The number of amides is 1. The van der Waals surface area contributed by atoms with Crippen LogP contribution >= 0.6 is 0 Å². The van der Waals surface area contributed by atoms with Gasteiger partial charge in [0.05, 0.1) is 12.0 Å². The van der Waals surface area contributed by atoms with E-state index in [2.05, 4.69) is 0 Å². The lowest BCUT2D eigenvalue weighted by Crippen LogP contribution is -2.42. The maximum atomic E-state index is 12.5. The van der Waals surface area contributed by atoms with Crippen molar-refractivity contribution < 1.29 is 14.7 Å². The number of hydrogen-bond acceptors (Lipinski definition) is 2. The Morgan fingerprint density at radius 3 is 2.65 bits per heavy atom. The Bertz CT molecular complexity index is 581. The fourth-order valence-corrected chi connectivity index (χ4v) is 3.71. The average molecular weight is 271 g/mol. The monoisotopic (exact) mass is 271 g/mol. The van der Waals surface area contributed by atoms with Crippen LogP contribution < -0.4 is 0 Å². The zero-order valence-corrected chi connectivity index (χ0v) is 11.3. The fraction of sp³-hybridized carbons (Fsp3) is 0.375. The van der Waals surface area contributed by atoms with Gasteiger partial charge >= 0.3 is 5.97 Å². The molecule has 1 aromatic carbocycles. The summed E-state index contributed by atoms with van der Waals surface area (Å²) in [6.45, 7) is 0. The summed E-state index contributed by atoms with van der Waals surface area (Å²) in [7, 11) is 1.71. The molecule has 2 aliphatic rings. The molecule has 104 valence electrons. The molecule has 1 amide bonds. The van der Waals surface area contributed by atoms with Crippen molar-refractivity contribution in [3.05, 3.63) is 48.0 Å². The lowest BCUT2D eigenvalue weighted by molar-refractivity contribution is -0.154. The van der Waals surface area contributed by atoms with Gasteiger partial charge < -0.3 is 10.0 Å². The molecule has 4 nitrogen and oxygen atoms in total. The van der Waals surface area contributed by atoms with Gasteiger partial charge in [0.2, 0.25) is 5.91 Å². The average Bonchev–Trinajstić information content (AvgIpc) is 2.70. The summed E-state index contributed by atoms with van der Waals surface area (Å²) in [6, 6.07) is 9.07. The minimum absolute atomic E-state index is 0.0643. The van der Waals surface area contributed by atoms with E-state index in [1.54, 1.807) is 11.9 Å². The summed E-state index contributed by atoms with van der Waals surface area (Å²) in [4.78, 5) is 26.1. The van der Waals surface area contributed by atoms with Crippen LogP contribution in [-0.4, -0.2) is 28.9 Å². The Morgan fingerprint density at radius 1 is 1.30 bits per heavy atom. The van der Waals surface area contributed by atoms with Gasteiger partial charge in [0.25, 0.3) is 0 Å². The molecule has 1 aliphatic heterocycles. The van der Waals surface area contributed by atoms with E-state index in [0.717, 1.165) is 5.56 Å². The van der Waals surface area contributed by atoms with Crippen molar-refractivity contribution in [3.8, 4) is 0 Å². The van der Waals surface area contributed by atoms with Crippen LogP contribution in [0.2, 0.25) is 0 Å². The highest BCUT2D eigenvalue weighted by molar-refractivity contribution is 5.93. The number of benzene rings is 1. The van der Waals surface area contributed by atoms with Crippen molar-refractivity contribution in [1.29, 1.82) is 0 Å². The first-order valence-electron chi connectivity index (χ1n) is 6.79. The van der Waals surface area contributed by atoms with Crippen molar-refractivity contribution in [3.63, 3.8) is 0 Å². The Labute approximate surface area is 117 Å². The second-order valence-electron chi connectivity index (χ2n) is 5.57. The lowest BCUT2D eigenvalue weighted by Gasteiger charge is -2.36. The summed E-state index contributed by atoms with van der Waals surface area (Å²) in [6.07, 6.45) is 4.74. The normalized spacial score (nSPS) is 32.2. The van der Waals surface area contributed by atoms with E-state index >= 15 is 0 Å². The molecule has 4 heteroatoms. The summed E-state index contributed by atoms with van der Waals surface area (Å²) in [5.41, 5.74) is -0.148. The molecule has 0 aromatic heterocycles. The van der Waals surface area contributed by atoms with E-state index in [9.17, 15) is 14.7 Å². The van der Waals surface area contributed by atoms with Crippen LogP contribution in [0.5, 0.6) is 0 Å². The third kappa shape index (κ3) is 1.54. The molecule has 1 aromatic rings. The molecule has 0 saturated carbocycles. The number of carboxylic acids is 1.